The third-order valence-electron chi connectivity index (χ3n) is 8.06. The maximum Gasteiger partial charge on any atom is 0.243 e. The molecule has 5 rings (SSSR count). The summed E-state index contributed by atoms with van der Waals surface area (Å²) in [4.78, 5) is 17.9. The summed E-state index contributed by atoms with van der Waals surface area (Å²) in [7, 11) is -1.06. The van der Waals surface area contributed by atoms with Crippen LogP contribution in [0.5, 0.6) is 11.5 Å². The molecule has 1 saturated heterocycles. The van der Waals surface area contributed by atoms with Crippen molar-refractivity contribution in [1.29, 1.82) is 0 Å². The lowest BCUT2D eigenvalue weighted by Crippen LogP contribution is -2.52. The maximum atomic E-state index is 13.9. The van der Waals surface area contributed by atoms with Crippen LogP contribution in [0, 0.1) is 0 Å². The van der Waals surface area contributed by atoms with Crippen LogP contribution >= 0.6 is 0 Å². The minimum atomic E-state index is -4.02. The fourth-order valence-electron chi connectivity index (χ4n) is 5.67. The van der Waals surface area contributed by atoms with Gasteiger partial charge in [-0.1, -0.05) is 91.0 Å². The number of hydrogen-bond acceptors (Lipinski definition) is 6. The summed E-state index contributed by atoms with van der Waals surface area (Å²) < 4.78 is 39.8. The summed E-state index contributed by atoms with van der Waals surface area (Å²) in [5.74, 6) is 0.531. The molecule has 0 N–H and O–H groups in total. The van der Waals surface area contributed by atoms with Gasteiger partial charge >= 0.3 is 0 Å². The van der Waals surface area contributed by atoms with Crippen LogP contribution in [0.25, 0.3) is 0 Å². The molecule has 0 bridgehead atoms. The number of sulfonamides is 1. The van der Waals surface area contributed by atoms with E-state index in [1.807, 2.05) is 66.7 Å². The van der Waals surface area contributed by atoms with Crippen LogP contribution < -0.4 is 9.47 Å². The smallest absolute Gasteiger partial charge is 0.243 e. The number of piperazine rings is 1. The molecule has 0 aliphatic carbocycles. The molecular formula is C35H39N3O5S. The highest BCUT2D eigenvalue weighted by Crippen LogP contribution is 2.32. The van der Waals surface area contributed by atoms with E-state index in [1.165, 1.54) is 41.8 Å². The average Bonchev–Trinajstić information content (AvgIpc) is 3.08. The minimum Gasteiger partial charge on any atom is -0.493 e. The van der Waals surface area contributed by atoms with E-state index < -0.39 is 10.0 Å². The Hall–Kier alpha value is -4.18. The average molecular weight is 614 g/mol. The summed E-state index contributed by atoms with van der Waals surface area (Å²) in [5.41, 5.74) is 3.40. The van der Waals surface area contributed by atoms with Crippen molar-refractivity contribution in [2.24, 2.45) is 0 Å². The molecule has 8 nitrogen and oxygen atoms in total. The van der Waals surface area contributed by atoms with Crippen molar-refractivity contribution in [3.63, 3.8) is 0 Å². The van der Waals surface area contributed by atoms with E-state index in [0.29, 0.717) is 44.1 Å². The first-order chi connectivity index (χ1) is 21.4. The number of carbonyl (C=O) groups is 1. The molecule has 44 heavy (non-hydrogen) atoms. The third kappa shape index (κ3) is 7.30. The van der Waals surface area contributed by atoms with Crippen LogP contribution in [0.2, 0.25) is 0 Å². The van der Waals surface area contributed by atoms with Gasteiger partial charge in [-0.15, -0.1) is 0 Å². The van der Waals surface area contributed by atoms with E-state index in [1.54, 1.807) is 11.0 Å². The number of rotatable bonds is 12. The van der Waals surface area contributed by atoms with Gasteiger partial charge in [0.25, 0.3) is 0 Å². The van der Waals surface area contributed by atoms with Gasteiger partial charge in [0.2, 0.25) is 15.9 Å². The number of amides is 1. The Morgan fingerprint density at radius 3 is 1.84 bits per heavy atom. The highest BCUT2D eigenvalue weighted by molar-refractivity contribution is 7.89. The first-order valence-electron chi connectivity index (χ1n) is 14.8. The predicted octanol–water partition coefficient (Wildman–Crippen LogP) is 4.87. The summed E-state index contributed by atoms with van der Waals surface area (Å²) in [5, 5.41) is 0. The van der Waals surface area contributed by atoms with Gasteiger partial charge < -0.3 is 14.4 Å². The number of carbonyl (C=O) groups excluding carboxylic acids is 1. The number of nitrogens with zero attached hydrogens (tertiary/aromatic N) is 3. The van der Waals surface area contributed by atoms with Gasteiger partial charge in [0.05, 0.1) is 31.7 Å². The van der Waals surface area contributed by atoms with Crippen LogP contribution in [0.4, 0.5) is 0 Å². The monoisotopic (exact) mass is 613 g/mol. The molecule has 1 aliphatic heterocycles. The first kappa shape index (κ1) is 31.3. The van der Waals surface area contributed by atoms with Crippen molar-refractivity contribution >= 4 is 15.9 Å². The summed E-state index contributed by atoms with van der Waals surface area (Å²) in [6.07, 6.45) is 0.476. The maximum absolute atomic E-state index is 13.9. The zero-order valence-electron chi connectivity index (χ0n) is 25.2. The Kier molecular flexibility index (Phi) is 10.3. The molecule has 1 aliphatic rings. The van der Waals surface area contributed by atoms with Crippen molar-refractivity contribution in [2.45, 2.75) is 17.4 Å². The Morgan fingerprint density at radius 1 is 0.750 bits per heavy atom. The topological polar surface area (TPSA) is 79.4 Å². The lowest BCUT2D eigenvalue weighted by molar-refractivity contribution is -0.133. The molecule has 0 atom stereocenters. The Bertz CT molecular complexity index is 1570. The lowest BCUT2D eigenvalue weighted by Gasteiger charge is -2.40. The fourth-order valence-corrected chi connectivity index (χ4v) is 7.08. The van der Waals surface area contributed by atoms with Gasteiger partial charge in [-0.25, -0.2) is 8.42 Å². The summed E-state index contributed by atoms with van der Waals surface area (Å²) in [6.45, 7) is 2.29. The molecule has 0 aromatic heterocycles. The molecular weight excluding hydrogens is 574 g/mol. The van der Waals surface area contributed by atoms with Gasteiger partial charge in [0.15, 0.2) is 11.5 Å². The van der Waals surface area contributed by atoms with E-state index in [2.05, 4.69) is 29.2 Å². The van der Waals surface area contributed by atoms with Crippen LogP contribution in [0.15, 0.2) is 114 Å². The Balaban J connectivity index is 1.33. The van der Waals surface area contributed by atoms with E-state index >= 15 is 0 Å². The second kappa shape index (κ2) is 14.5. The molecule has 4 aromatic carbocycles. The Morgan fingerprint density at radius 2 is 1.30 bits per heavy atom. The van der Waals surface area contributed by atoms with Gasteiger partial charge in [-0.3, -0.25) is 9.69 Å². The first-order valence-corrected chi connectivity index (χ1v) is 16.2. The molecule has 4 aromatic rings. The molecule has 0 saturated carbocycles. The van der Waals surface area contributed by atoms with Gasteiger partial charge in [-0.2, -0.15) is 4.31 Å². The van der Waals surface area contributed by atoms with Crippen LogP contribution in [-0.4, -0.2) is 81.9 Å². The summed E-state index contributed by atoms with van der Waals surface area (Å²) in [6, 6.07) is 35.0. The minimum absolute atomic E-state index is 0.0504. The van der Waals surface area contributed by atoms with Crippen molar-refractivity contribution in [3.05, 3.63) is 126 Å². The number of methoxy groups -OCH3 is 2. The Labute approximate surface area is 260 Å². The fraction of sp³-hybridized carbons (Fsp3) is 0.286. The van der Waals surface area contributed by atoms with Gasteiger partial charge in [0, 0.05) is 38.8 Å². The van der Waals surface area contributed by atoms with Crippen LogP contribution in [-0.2, 0) is 21.2 Å². The molecule has 0 spiro atoms. The van der Waals surface area contributed by atoms with E-state index in [0.717, 1.165) is 5.56 Å². The van der Waals surface area contributed by atoms with Gasteiger partial charge in [0.1, 0.15) is 0 Å². The highest BCUT2D eigenvalue weighted by atomic mass is 32.2. The molecule has 230 valence electrons. The SMILES string of the molecule is COc1ccc(S(=O)(=O)N(CCc2ccccc2)CC(=O)N2CCN(C(c3ccccc3)c3ccccc3)CC2)cc1OC. The van der Waals surface area contributed by atoms with Crippen LogP contribution in [0.3, 0.4) is 0 Å². The van der Waals surface area contributed by atoms with Crippen molar-refractivity contribution in [3.8, 4) is 11.5 Å². The van der Waals surface area contributed by atoms with E-state index in [9.17, 15) is 13.2 Å². The second-order valence-electron chi connectivity index (χ2n) is 10.7. The zero-order chi connectivity index (χ0) is 30.9. The van der Waals surface area contributed by atoms with Crippen molar-refractivity contribution in [2.75, 3.05) is 53.5 Å². The third-order valence-corrected chi connectivity index (χ3v) is 9.90. The predicted molar refractivity (Wildman–Crippen MR) is 171 cm³/mol. The molecule has 1 heterocycles. The van der Waals surface area contributed by atoms with E-state index in [4.69, 9.17) is 9.47 Å². The normalized spacial score (nSPS) is 14.1. The highest BCUT2D eigenvalue weighted by Gasteiger charge is 2.32. The molecule has 0 unspecified atom stereocenters. The molecule has 1 amide bonds. The lowest BCUT2D eigenvalue weighted by atomic mass is 9.96. The van der Waals surface area contributed by atoms with Crippen LogP contribution in [0.1, 0.15) is 22.7 Å². The number of benzene rings is 4. The second-order valence-corrected chi connectivity index (χ2v) is 12.7. The number of hydrogen-bond donors (Lipinski definition) is 0. The summed E-state index contributed by atoms with van der Waals surface area (Å²) >= 11 is 0. The standard InChI is InChI=1S/C35H39N3O5S/c1-42-32-19-18-31(26-33(32)43-2)44(40,41)38(21-20-28-12-6-3-7-13-28)27-34(39)36-22-24-37(25-23-36)35(29-14-8-4-9-15-29)30-16-10-5-11-17-30/h3-19,26,35H,20-25,27H2,1-2H3. The largest absolute Gasteiger partial charge is 0.493 e. The molecule has 9 heteroatoms. The van der Waals surface area contributed by atoms with Gasteiger partial charge in [-0.05, 0) is 35.2 Å². The van der Waals surface area contributed by atoms with E-state index in [-0.39, 0.29) is 29.9 Å². The van der Waals surface area contributed by atoms with Crippen molar-refractivity contribution < 1.29 is 22.7 Å². The zero-order valence-corrected chi connectivity index (χ0v) is 26.0. The number of ether oxygens (including phenoxy) is 2. The quantitative estimate of drug-likeness (QED) is 0.227. The van der Waals surface area contributed by atoms with Crippen molar-refractivity contribution in [1.82, 2.24) is 14.1 Å². The molecule has 0 radical (unpaired) electrons. The molecule has 1 fully saturated rings.